The van der Waals surface area contributed by atoms with Crippen LogP contribution in [0.3, 0.4) is 0 Å². The molecule has 0 bridgehead atoms. The van der Waals surface area contributed by atoms with Crippen molar-refractivity contribution in [3.8, 4) is 0 Å². The van der Waals surface area contributed by atoms with Crippen LogP contribution in [0.5, 0.6) is 0 Å². The van der Waals surface area contributed by atoms with Crippen molar-refractivity contribution in [2.75, 3.05) is 6.54 Å². The largest absolute Gasteiger partial charge is 0.441 e. The second-order valence-corrected chi connectivity index (χ2v) is 4.60. The van der Waals surface area contributed by atoms with Gasteiger partial charge in [-0.1, -0.05) is 20.3 Å². The fourth-order valence-corrected chi connectivity index (χ4v) is 2.56. The number of rotatable bonds is 0. The van der Waals surface area contributed by atoms with Crippen LogP contribution in [0.2, 0.25) is 0 Å². The van der Waals surface area contributed by atoms with Gasteiger partial charge in [0.1, 0.15) is 5.60 Å². The molecule has 1 heterocycles. The first-order valence-corrected chi connectivity index (χ1v) is 5.09. The third-order valence-electron chi connectivity index (χ3n) is 3.51. The van der Waals surface area contributed by atoms with Crippen molar-refractivity contribution in [3.63, 3.8) is 0 Å². The molecular formula is C10H17NO2. The van der Waals surface area contributed by atoms with E-state index in [-0.39, 0.29) is 11.7 Å². The fourth-order valence-electron chi connectivity index (χ4n) is 2.56. The summed E-state index contributed by atoms with van der Waals surface area (Å²) in [4.78, 5) is 11.0. The Hall–Kier alpha value is -0.730. The molecule has 0 aromatic rings. The van der Waals surface area contributed by atoms with E-state index in [0.29, 0.717) is 18.4 Å². The topological polar surface area (TPSA) is 38.3 Å². The Labute approximate surface area is 78.8 Å². The van der Waals surface area contributed by atoms with Crippen LogP contribution in [-0.4, -0.2) is 18.2 Å². The van der Waals surface area contributed by atoms with Gasteiger partial charge in [-0.15, -0.1) is 0 Å². The molecule has 0 radical (unpaired) electrons. The third kappa shape index (κ3) is 1.40. The highest BCUT2D eigenvalue weighted by Gasteiger charge is 2.47. The summed E-state index contributed by atoms with van der Waals surface area (Å²) in [6, 6.07) is 0. The highest BCUT2D eigenvalue weighted by molar-refractivity contribution is 5.70. The van der Waals surface area contributed by atoms with E-state index in [1.54, 1.807) is 0 Å². The van der Waals surface area contributed by atoms with Crippen molar-refractivity contribution >= 4 is 6.09 Å². The van der Waals surface area contributed by atoms with Gasteiger partial charge in [-0.2, -0.15) is 0 Å². The van der Waals surface area contributed by atoms with Crippen molar-refractivity contribution in [2.24, 2.45) is 11.8 Å². The maximum Gasteiger partial charge on any atom is 0.407 e. The SMILES string of the molecule is CC1CCC(C)C2(CNC(=O)O2)C1. The molecule has 3 nitrogen and oxygen atoms in total. The minimum Gasteiger partial charge on any atom is -0.441 e. The molecule has 1 N–H and O–H groups in total. The van der Waals surface area contributed by atoms with Gasteiger partial charge in [-0.25, -0.2) is 4.79 Å². The first-order chi connectivity index (χ1) is 6.12. The minimum absolute atomic E-state index is 0.186. The number of hydrogen-bond donors (Lipinski definition) is 1. The van der Waals surface area contributed by atoms with Crippen LogP contribution in [0.4, 0.5) is 4.79 Å². The predicted octanol–water partition coefficient (Wildman–Crippen LogP) is 1.92. The lowest BCUT2D eigenvalue weighted by Crippen LogP contribution is -2.44. The molecule has 74 valence electrons. The van der Waals surface area contributed by atoms with Gasteiger partial charge >= 0.3 is 6.09 Å². The minimum atomic E-state index is -0.235. The summed E-state index contributed by atoms with van der Waals surface area (Å²) in [5.74, 6) is 1.19. The molecule has 3 unspecified atom stereocenters. The average molecular weight is 183 g/mol. The van der Waals surface area contributed by atoms with Gasteiger partial charge in [0.05, 0.1) is 6.54 Å². The summed E-state index contributed by atoms with van der Waals surface area (Å²) in [6.45, 7) is 5.13. The Morgan fingerprint density at radius 1 is 1.46 bits per heavy atom. The smallest absolute Gasteiger partial charge is 0.407 e. The molecule has 1 aliphatic heterocycles. The van der Waals surface area contributed by atoms with E-state index in [2.05, 4.69) is 19.2 Å². The molecule has 1 saturated heterocycles. The zero-order chi connectivity index (χ0) is 9.47. The van der Waals surface area contributed by atoms with E-state index in [1.807, 2.05) is 0 Å². The average Bonchev–Trinajstić information content (AvgIpc) is 2.42. The lowest BCUT2D eigenvalue weighted by Gasteiger charge is -2.39. The van der Waals surface area contributed by atoms with Gasteiger partial charge in [-0.3, -0.25) is 0 Å². The van der Waals surface area contributed by atoms with Gasteiger partial charge in [0.2, 0.25) is 0 Å². The van der Waals surface area contributed by atoms with Crippen LogP contribution in [-0.2, 0) is 4.74 Å². The first-order valence-electron chi connectivity index (χ1n) is 5.09. The van der Waals surface area contributed by atoms with Crippen molar-refractivity contribution in [1.29, 1.82) is 0 Å². The maximum atomic E-state index is 11.0. The van der Waals surface area contributed by atoms with E-state index in [1.165, 1.54) is 12.8 Å². The Balaban J connectivity index is 2.14. The molecule has 3 heteroatoms. The molecule has 1 spiro atoms. The Kier molecular flexibility index (Phi) is 1.97. The second kappa shape index (κ2) is 2.89. The Bertz CT molecular complexity index is 229. The molecule has 1 amide bonds. The molecular weight excluding hydrogens is 166 g/mol. The number of nitrogens with one attached hydrogen (secondary N) is 1. The Morgan fingerprint density at radius 3 is 2.85 bits per heavy atom. The van der Waals surface area contributed by atoms with Crippen LogP contribution in [0.25, 0.3) is 0 Å². The number of ether oxygens (including phenoxy) is 1. The lowest BCUT2D eigenvalue weighted by molar-refractivity contribution is -0.0308. The second-order valence-electron chi connectivity index (χ2n) is 4.60. The molecule has 3 atom stereocenters. The lowest BCUT2D eigenvalue weighted by atomic mass is 9.72. The van der Waals surface area contributed by atoms with E-state index in [9.17, 15) is 4.79 Å². The quantitative estimate of drug-likeness (QED) is 0.623. The third-order valence-corrected chi connectivity index (χ3v) is 3.51. The van der Waals surface area contributed by atoms with Gasteiger partial charge < -0.3 is 10.1 Å². The standard InChI is InChI=1S/C10H17NO2/c1-7-3-4-8(2)10(5-7)6-11-9(12)13-10/h7-8H,3-6H2,1-2H3,(H,11,12). The summed E-state index contributed by atoms with van der Waals surface area (Å²) in [7, 11) is 0. The number of hydrogen-bond acceptors (Lipinski definition) is 2. The van der Waals surface area contributed by atoms with Crippen molar-refractivity contribution in [2.45, 2.75) is 38.7 Å². The van der Waals surface area contributed by atoms with Crippen LogP contribution >= 0.6 is 0 Å². The molecule has 2 rings (SSSR count). The van der Waals surface area contributed by atoms with Crippen LogP contribution in [0, 0.1) is 11.8 Å². The van der Waals surface area contributed by atoms with Crippen LogP contribution < -0.4 is 5.32 Å². The number of carbonyl (C=O) groups is 1. The zero-order valence-electron chi connectivity index (χ0n) is 8.30. The van der Waals surface area contributed by atoms with E-state index in [4.69, 9.17) is 4.74 Å². The highest BCUT2D eigenvalue weighted by atomic mass is 16.6. The van der Waals surface area contributed by atoms with Gasteiger partial charge in [0.15, 0.2) is 0 Å². The molecule has 0 aromatic carbocycles. The van der Waals surface area contributed by atoms with Crippen molar-refractivity contribution in [1.82, 2.24) is 5.32 Å². The van der Waals surface area contributed by atoms with E-state index < -0.39 is 0 Å². The molecule has 0 aromatic heterocycles. The molecule has 1 aliphatic carbocycles. The highest BCUT2D eigenvalue weighted by Crippen LogP contribution is 2.40. The summed E-state index contributed by atoms with van der Waals surface area (Å²) >= 11 is 0. The fraction of sp³-hybridized carbons (Fsp3) is 0.900. The first kappa shape index (κ1) is 8.85. The van der Waals surface area contributed by atoms with Gasteiger partial charge in [-0.05, 0) is 24.7 Å². The summed E-state index contributed by atoms with van der Waals surface area (Å²) in [6.07, 6.45) is 3.23. The summed E-state index contributed by atoms with van der Waals surface area (Å²) in [5, 5.41) is 2.77. The predicted molar refractivity (Wildman–Crippen MR) is 49.4 cm³/mol. The normalized spacial score (nSPS) is 44.6. The Morgan fingerprint density at radius 2 is 2.23 bits per heavy atom. The van der Waals surface area contributed by atoms with Gasteiger partial charge in [0, 0.05) is 0 Å². The monoisotopic (exact) mass is 183 g/mol. The number of amides is 1. The zero-order valence-corrected chi connectivity index (χ0v) is 8.30. The van der Waals surface area contributed by atoms with Crippen molar-refractivity contribution < 1.29 is 9.53 Å². The summed E-state index contributed by atoms with van der Waals surface area (Å²) < 4.78 is 5.42. The molecule has 1 saturated carbocycles. The number of carbonyl (C=O) groups excluding carboxylic acids is 1. The van der Waals surface area contributed by atoms with Crippen molar-refractivity contribution in [3.05, 3.63) is 0 Å². The van der Waals surface area contributed by atoms with E-state index >= 15 is 0 Å². The van der Waals surface area contributed by atoms with Crippen LogP contribution in [0.1, 0.15) is 33.1 Å². The molecule has 13 heavy (non-hydrogen) atoms. The molecule has 2 fully saturated rings. The van der Waals surface area contributed by atoms with Crippen LogP contribution in [0.15, 0.2) is 0 Å². The maximum absolute atomic E-state index is 11.0. The number of alkyl carbamates (subject to hydrolysis) is 1. The van der Waals surface area contributed by atoms with Gasteiger partial charge in [0.25, 0.3) is 0 Å². The summed E-state index contributed by atoms with van der Waals surface area (Å²) in [5.41, 5.74) is -0.186. The molecule has 2 aliphatic rings. The van der Waals surface area contributed by atoms with E-state index in [0.717, 1.165) is 6.42 Å².